The van der Waals surface area contributed by atoms with Crippen molar-refractivity contribution in [1.82, 2.24) is 10.6 Å². The molecule has 2 aliphatic carbocycles. The highest BCUT2D eigenvalue weighted by molar-refractivity contribution is 14.0. The number of fused-ring (bicyclic) bond motifs is 1. The monoisotopic (exact) mass is 485 g/mol. The lowest BCUT2D eigenvalue weighted by atomic mass is 9.80. The second-order valence-electron chi connectivity index (χ2n) is 8.20. The molecule has 1 unspecified atom stereocenters. The molecular weight excluding hydrogens is 453 g/mol. The topological polar surface area (TPSA) is 65.9 Å². The van der Waals surface area contributed by atoms with Gasteiger partial charge in [-0.2, -0.15) is 0 Å². The van der Waals surface area contributed by atoms with Gasteiger partial charge in [0, 0.05) is 18.5 Å². The van der Waals surface area contributed by atoms with Crippen molar-refractivity contribution in [2.75, 3.05) is 13.1 Å². The molecule has 2 fully saturated rings. The third-order valence-electron chi connectivity index (χ3n) is 6.18. The van der Waals surface area contributed by atoms with Crippen LogP contribution in [0.5, 0.6) is 5.75 Å². The highest BCUT2D eigenvalue weighted by atomic mass is 127. The Balaban J connectivity index is 0.00000210. The number of rotatable bonds is 4. The molecule has 0 bridgehead atoms. The zero-order chi connectivity index (χ0) is 18.0. The predicted octanol–water partition coefficient (Wildman–Crippen LogP) is 3.91. The molecule has 1 spiro atoms. The van der Waals surface area contributed by atoms with Crippen LogP contribution < -0.4 is 15.4 Å². The number of benzene rings is 1. The van der Waals surface area contributed by atoms with Gasteiger partial charge in [-0.05, 0) is 57.9 Å². The third kappa shape index (κ3) is 4.53. The Morgan fingerprint density at radius 3 is 2.59 bits per heavy atom. The van der Waals surface area contributed by atoms with Gasteiger partial charge in [-0.25, -0.2) is 0 Å². The Kier molecular flexibility index (Phi) is 6.56. The molecule has 2 saturated carbocycles. The minimum absolute atomic E-state index is 0. The zero-order valence-electron chi connectivity index (χ0n) is 16.2. The van der Waals surface area contributed by atoms with Gasteiger partial charge >= 0.3 is 0 Å². The van der Waals surface area contributed by atoms with Crippen molar-refractivity contribution in [2.24, 2.45) is 4.99 Å². The molecule has 4 rings (SSSR count). The van der Waals surface area contributed by atoms with E-state index in [1.165, 1.54) is 18.4 Å². The Bertz CT molecular complexity index is 669. The molecule has 1 aliphatic heterocycles. The molecule has 0 amide bonds. The number of nitrogens with zero attached hydrogens (tertiary/aromatic N) is 1. The van der Waals surface area contributed by atoms with Gasteiger partial charge in [-0.15, -0.1) is 24.0 Å². The summed E-state index contributed by atoms with van der Waals surface area (Å²) in [7, 11) is 0. The van der Waals surface area contributed by atoms with Crippen molar-refractivity contribution in [2.45, 2.75) is 75.5 Å². The number of aliphatic imine (C=N–C) groups is 1. The van der Waals surface area contributed by atoms with Crippen LogP contribution in [0.4, 0.5) is 0 Å². The van der Waals surface area contributed by atoms with Crippen LogP contribution in [0, 0.1) is 0 Å². The lowest BCUT2D eigenvalue weighted by Crippen LogP contribution is -2.47. The van der Waals surface area contributed by atoms with E-state index in [0.717, 1.165) is 56.8 Å². The number of hydrogen-bond donors (Lipinski definition) is 3. The molecule has 3 N–H and O–H groups in total. The molecule has 0 saturated heterocycles. The van der Waals surface area contributed by atoms with E-state index in [0.29, 0.717) is 6.54 Å². The molecule has 3 aliphatic rings. The second kappa shape index (κ2) is 8.55. The number of aliphatic hydroxyl groups is 1. The first kappa shape index (κ1) is 20.7. The SMILES string of the molecule is CCNC(=NCC1(O)CCC1)NC1CC2(CCCC2)Oc2ccccc21.I. The van der Waals surface area contributed by atoms with Gasteiger partial charge in [0.2, 0.25) is 0 Å². The molecular formula is C21H32IN3O2. The first-order chi connectivity index (χ1) is 12.6. The molecule has 6 heteroatoms. The van der Waals surface area contributed by atoms with Crippen LogP contribution in [0.1, 0.15) is 69.9 Å². The molecule has 1 aromatic rings. The standard InChI is InChI=1S/C21H31N3O2.HI/c1-2-22-19(23-15-20(25)10-7-11-20)24-17-14-21(12-5-6-13-21)26-18-9-4-3-8-16(17)18;/h3-4,8-9,17,25H,2,5-7,10-15H2,1H3,(H2,22,23,24);1H. The van der Waals surface area contributed by atoms with E-state index in [4.69, 9.17) is 9.73 Å². The Morgan fingerprint density at radius 1 is 1.19 bits per heavy atom. The normalized spacial score (nSPS) is 25.0. The van der Waals surface area contributed by atoms with E-state index in [2.05, 4.69) is 41.8 Å². The Labute approximate surface area is 179 Å². The van der Waals surface area contributed by atoms with Crippen molar-refractivity contribution >= 4 is 29.9 Å². The summed E-state index contributed by atoms with van der Waals surface area (Å²) in [6.45, 7) is 3.35. The largest absolute Gasteiger partial charge is 0.487 e. The van der Waals surface area contributed by atoms with Crippen LogP contribution in [-0.2, 0) is 0 Å². The maximum atomic E-state index is 10.4. The van der Waals surface area contributed by atoms with Crippen molar-refractivity contribution in [1.29, 1.82) is 0 Å². The van der Waals surface area contributed by atoms with Gasteiger partial charge in [0.15, 0.2) is 5.96 Å². The Morgan fingerprint density at radius 2 is 1.93 bits per heavy atom. The molecule has 5 nitrogen and oxygen atoms in total. The number of nitrogens with one attached hydrogen (secondary N) is 2. The van der Waals surface area contributed by atoms with Crippen LogP contribution in [-0.4, -0.2) is 35.4 Å². The molecule has 0 radical (unpaired) electrons. The molecule has 27 heavy (non-hydrogen) atoms. The highest BCUT2D eigenvalue weighted by Crippen LogP contribution is 2.47. The van der Waals surface area contributed by atoms with Crippen LogP contribution >= 0.6 is 24.0 Å². The van der Waals surface area contributed by atoms with Crippen molar-refractivity contribution in [3.05, 3.63) is 29.8 Å². The molecule has 150 valence electrons. The van der Waals surface area contributed by atoms with E-state index in [1.807, 2.05) is 0 Å². The summed E-state index contributed by atoms with van der Waals surface area (Å²) in [5.74, 6) is 1.80. The first-order valence-electron chi connectivity index (χ1n) is 10.2. The number of halogens is 1. The molecule has 0 aromatic heterocycles. The van der Waals surface area contributed by atoms with Gasteiger partial charge < -0.3 is 20.5 Å². The van der Waals surface area contributed by atoms with E-state index in [-0.39, 0.29) is 35.6 Å². The fourth-order valence-electron chi connectivity index (χ4n) is 4.53. The van der Waals surface area contributed by atoms with Crippen LogP contribution in [0.2, 0.25) is 0 Å². The summed E-state index contributed by atoms with van der Waals surface area (Å²) in [5, 5.41) is 17.4. The van der Waals surface area contributed by atoms with Crippen molar-refractivity contribution in [3.8, 4) is 5.75 Å². The third-order valence-corrected chi connectivity index (χ3v) is 6.18. The number of ether oxygens (including phenoxy) is 1. The minimum Gasteiger partial charge on any atom is -0.487 e. The van der Waals surface area contributed by atoms with Crippen LogP contribution in [0.15, 0.2) is 29.3 Å². The molecule has 1 aromatic carbocycles. The summed E-state index contributed by atoms with van der Waals surface area (Å²) in [6, 6.07) is 8.55. The van der Waals surface area contributed by atoms with E-state index < -0.39 is 5.60 Å². The second-order valence-corrected chi connectivity index (χ2v) is 8.20. The van der Waals surface area contributed by atoms with E-state index in [1.54, 1.807) is 0 Å². The lowest BCUT2D eigenvalue weighted by molar-refractivity contribution is -0.0236. The number of guanidine groups is 1. The van der Waals surface area contributed by atoms with E-state index in [9.17, 15) is 5.11 Å². The van der Waals surface area contributed by atoms with Crippen molar-refractivity contribution < 1.29 is 9.84 Å². The lowest BCUT2D eigenvalue weighted by Gasteiger charge is -2.41. The van der Waals surface area contributed by atoms with Gasteiger partial charge in [-0.3, -0.25) is 4.99 Å². The predicted molar refractivity (Wildman–Crippen MR) is 119 cm³/mol. The zero-order valence-corrected chi connectivity index (χ0v) is 18.5. The molecule has 1 atom stereocenters. The van der Waals surface area contributed by atoms with Crippen LogP contribution in [0.3, 0.4) is 0 Å². The minimum atomic E-state index is -0.595. The Hall–Kier alpha value is -1.02. The van der Waals surface area contributed by atoms with Gasteiger partial charge in [-0.1, -0.05) is 18.2 Å². The maximum Gasteiger partial charge on any atom is 0.191 e. The summed E-state index contributed by atoms with van der Waals surface area (Å²) in [4.78, 5) is 4.69. The van der Waals surface area contributed by atoms with Crippen molar-refractivity contribution in [3.63, 3.8) is 0 Å². The fourth-order valence-corrected chi connectivity index (χ4v) is 4.53. The average molecular weight is 485 g/mol. The quantitative estimate of drug-likeness (QED) is 0.344. The highest BCUT2D eigenvalue weighted by Gasteiger charge is 2.43. The van der Waals surface area contributed by atoms with Gasteiger partial charge in [0.05, 0.1) is 18.2 Å². The maximum absolute atomic E-state index is 10.4. The smallest absolute Gasteiger partial charge is 0.191 e. The number of para-hydroxylation sites is 1. The van der Waals surface area contributed by atoms with E-state index >= 15 is 0 Å². The summed E-state index contributed by atoms with van der Waals surface area (Å²) in [5.41, 5.74) is 0.580. The molecule has 1 heterocycles. The summed E-state index contributed by atoms with van der Waals surface area (Å²) in [6.07, 6.45) is 8.55. The number of hydrogen-bond acceptors (Lipinski definition) is 3. The van der Waals surface area contributed by atoms with Gasteiger partial charge in [0.1, 0.15) is 11.4 Å². The summed E-state index contributed by atoms with van der Waals surface area (Å²) < 4.78 is 6.45. The summed E-state index contributed by atoms with van der Waals surface area (Å²) >= 11 is 0. The van der Waals surface area contributed by atoms with Crippen LogP contribution in [0.25, 0.3) is 0 Å². The average Bonchev–Trinajstić information content (AvgIpc) is 3.05. The van der Waals surface area contributed by atoms with Gasteiger partial charge in [0.25, 0.3) is 0 Å². The first-order valence-corrected chi connectivity index (χ1v) is 10.2. The fraction of sp³-hybridized carbons (Fsp3) is 0.667.